The number of ketones is 2. The predicted octanol–water partition coefficient (Wildman–Crippen LogP) is 2.13. The van der Waals surface area contributed by atoms with Gasteiger partial charge in [0.2, 0.25) is 5.91 Å². The van der Waals surface area contributed by atoms with Gasteiger partial charge in [-0.05, 0) is 54.5 Å². The molecule has 5 atom stereocenters. The summed E-state index contributed by atoms with van der Waals surface area (Å²) in [6, 6.07) is 8.56. The number of phenolic OH excluding ortho intramolecular Hbond substituents is 1. The fourth-order valence-corrected chi connectivity index (χ4v) is 6.44. The Labute approximate surface area is 217 Å². The maximum atomic E-state index is 13.9. The van der Waals surface area contributed by atoms with Crippen molar-refractivity contribution in [3.05, 3.63) is 57.8 Å². The molecule has 1 saturated carbocycles. The predicted molar refractivity (Wildman–Crippen MR) is 135 cm³/mol. The standard InChI is InChI=1S/C27H27ClN2O7/c1-30(2)17-10-15(11-4-3-5-14(28)7-11)22(32)20-16(17)8-12-6-13-9-18(31)21(26(29)36)25(35)27(13,37)24(34)19(12)23(20)33/h3-5,7,10,12-13,18,21,31-32,34,37H,6,8-9H2,1-2H3,(H2,29,36)/t12-,13+,18?,21?,27+/m1/s1. The number of carbonyl (C=O) groups is 3. The summed E-state index contributed by atoms with van der Waals surface area (Å²) < 4.78 is 0. The molecule has 5 rings (SSSR count). The zero-order chi connectivity index (χ0) is 27.0. The first-order valence-electron chi connectivity index (χ1n) is 11.9. The number of aliphatic hydroxyl groups is 3. The molecule has 2 aromatic rings. The quantitative estimate of drug-likeness (QED) is 0.380. The second kappa shape index (κ2) is 8.58. The Balaban J connectivity index is 1.72. The van der Waals surface area contributed by atoms with Crippen molar-refractivity contribution in [2.75, 3.05) is 19.0 Å². The number of hydrogen-bond acceptors (Lipinski definition) is 8. The number of halogens is 1. The second-order valence-electron chi connectivity index (χ2n) is 10.3. The number of rotatable bonds is 3. The van der Waals surface area contributed by atoms with Crippen molar-refractivity contribution in [3.63, 3.8) is 0 Å². The molecule has 0 aromatic heterocycles. The molecule has 10 heteroatoms. The number of fused-ring (bicyclic) bond motifs is 3. The molecule has 0 radical (unpaired) electrons. The van der Waals surface area contributed by atoms with Crippen LogP contribution in [0, 0.1) is 17.8 Å². The summed E-state index contributed by atoms with van der Waals surface area (Å²) in [7, 11) is 3.61. The van der Waals surface area contributed by atoms with Crippen LogP contribution >= 0.6 is 11.6 Å². The Hall–Kier alpha value is -3.40. The second-order valence-corrected chi connectivity index (χ2v) is 10.7. The van der Waals surface area contributed by atoms with Gasteiger partial charge < -0.3 is 31.1 Å². The number of primary amides is 1. The number of nitrogens with zero attached hydrogens (tertiary/aromatic N) is 1. The van der Waals surface area contributed by atoms with Gasteiger partial charge in [-0.1, -0.05) is 23.7 Å². The Bertz CT molecular complexity index is 1400. The summed E-state index contributed by atoms with van der Waals surface area (Å²) in [6.07, 6.45) is -1.20. The Morgan fingerprint density at radius 2 is 1.86 bits per heavy atom. The number of aliphatic hydroxyl groups excluding tert-OH is 2. The third kappa shape index (κ3) is 3.56. The highest BCUT2D eigenvalue weighted by molar-refractivity contribution is 6.31. The normalized spacial score (nSPS) is 28.9. The lowest BCUT2D eigenvalue weighted by molar-refractivity contribution is -0.167. The molecule has 2 aromatic carbocycles. The van der Waals surface area contributed by atoms with Crippen molar-refractivity contribution in [1.29, 1.82) is 0 Å². The molecule has 0 saturated heterocycles. The first-order chi connectivity index (χ1) is 17.4. The van der Waals surface area contributed by atoms with Crippen molar-refractivity contribution in [2.24, 2.45) is 23.5 Å². The van der Waals surface area contributed by atoms with Crippen LogP contribution in [0.15, 0.2) is 41.7 Å². The third-order valence-electron chi connectivity index (χ3n) is 7.98. The molecule has 0 bridgehead atoms. The fourth-order valence-electron chi connectivity index (χ4n) is 6.25. The zero-order valence-electron chi connectivity index (χ0n) is 20.2. The van der Waals surface area contributed by atoms with Crippen molar-refractivity contribution in [1.82, 2.24) is 0 Å². The average molecular weight is 527 g/mol. The van der Waals surface area contributed by atoms with Gasteiger partial charge in [0.25, 0.3) is 0 Å². The highest BCUT2D eigenvalue weighted by atomic mass is 35.5. The van der Waals surface area contributed by atoms with Gasteiger partial charge in [0.15, 0.2) is 17.2 Å². The monoisotopic (exact) mass is 526 g/mol. The fraction of sp³-hybridized carbons (Fsp3) is 0.370. The molecule has 1 fully saturated rings. The number of anilines is 1. The van der Waals surface area contributed by atoms with Crippen LogP contribution in [0.5, 0.6) is 5.75 Å². The number of hydrogen-bond donors (Lipinski definition) is 5. The number of carbonyl (C=O) groups excluding carboxylic acids is 3. The van der Waals surface area contributed by atoms with Gasteiger partial charge >= 0.3 is 0 Å². The van der Waals surface area contributed by atoms with Gasteiger partial charge in [-0.3, -0.25) is 14.4 Å². The SMILES string of the molecule is CN(C)c1cc(-c2cccc(Cl)c2)c(O)c2c1C[C@H]1C[C@H]3CC(O)C(C(N)=O)C(=O)[C@@]3(O)C(O)=C1C2=O. The summed E-state index contributed by atoms with van der Waals surface area (Å²) in [5.74, 6) is -7.32. The Kier molecular flexibility index (Phi) is 5.86. The Morgan fingerprint density at radius 1 is 1.16 bits per heavy atom. The Morgan fingerprint density at radius 3 is 2.49 bits per heavy atom. The van der Waals surface area contributed by atoms with E-state index in [0.717, 1.165) is 0 Å². The highest BCUT2D eigenvalue weighted by Crippen LogP contribution is 2.53. The van der Waals surface area contributed by atoms with Crippen molar-refractivity contribution in [3.8, 4) is 16.9 Å². The molecule has 0 heterocycles. The molecule has 194 valence electrons. The van der Waals surface area contributed by atoms with Gasteiger partial charge in [-0.2, -0.15) is 0 Å². The molecule has 1 amide bonds. The molecular formula is C27H27ClN2O7. The molecule has 37 heavy (non-hydrogen) atoms. The molecule has 3 aliphatic carbocycles. The largest absolute Gasteiger partial charge is 0.508 e. The van der Waals surface area contributed by atoms with E-state index in [1.54, 1.807) is 30.3 Å². The van der Waals surface area contributed by atoms with E-state index >= 15 is 0 Å². The van der Waals surface area contributed by atoms with Crippen LogP contribution in [0.4, 0.5) is 5.69 Å². The van der Waals surface area contributed by atoms with Crippen molar-refractivity contribution >= 4 is 34.8 Å². The van der Waals surface area contributed by atoms with Crippen LogP contribution in [0.2, 0.25) is 5.02 Å². The van der Waals surface area contributed by atoms with E-state index in [-0.39, 0.29) is 36.1 Å². The molecule has 2 unspecified atom stereocenters. The lowest BCUT2D eigenvalue weighted by Crippen LogP contribution is -2.63. The van der Waals surface area contributed by atoms with Gasteiger partial charge in [0, 0.05) is 41.9 Å². The van der Waals surface area contributed by atoms with Gasteiger partial charge in [-0.25, -0.2) is 0 Å². The smallest absolute Gasteiger partial charge is 0.230 e. The van der Waals surface area contributed by atoms with Crippen molar-refractivity contribution in [2.45, 2.75) is 31.0 Å². The first kappa shape index (κ1) is 25.3. The van der Waals surface area contributed by atoms with E-state index < -0.39 is 52.7 Å². The minimum atomic E-state index is -2.54. The maximum absolute atomic E-state index is 13.9. The summed E-state index contributed by atoms with van der Waals surface area (Å²) in [5, 5.41) is 44.9. The number of benzene rings is 2. The van der Waals surface area contributed by atoms with E-state index in [2.05, 4.69) is 0 Å². The topological polar surface area (TPSA) is 161 Å². The number of aromatic hydroxyl groups is 1. The maximum Gasteiger partial charge on any atom is 0.230 e. The van der Waals surface area contributed by atoms with Crippen LogP contribution in [0.1, 0.15) is 28.8 Å². The lowest BCUT2D eigenvalue weighted by Gasteiger charge is -2.48. The van der Waals surface area contributed by atoms with Crippen LogP contribution in [0.25, 0.3) is 11.1 Å². The molecule has 3 aliphatic rings. The van der Waals surface area contributed by atoms with Crippen molar-refractivity contribution < 1.29 is 34.8 Å². The number of Topliss-reactive ketones (excluding diaryl/α,β-unsaturated/α-hetero) is 2. The number of amides is 1. The minimum absolute atomic E-state index is 0.0317. The third-order valence-corrected chi connectivity index (χ3v) is 8.22. The number of allylic oxidation sites excluding steroid dienone is 1. The molecular weight excluding hydrogens is 500 g/mol. The van der Waals surface area contributed by atoms with E-state index in [1.807, 2.05) is 19.0 Å². The molecule has 6 N–H and O–H groups in total. The van der Waals surface area contributed by atoms with E-state index in [1.165, 1.54) is 0 Å². The highest BCUT2D eigenvalue weighted by Gasteiger charge is 2.62. The van der Waals surface area contributed by atoms with Gasteiger partial charge in [-0.15, -0.1) is 0 Å². The molecule has 0 spiro atoms. The van der Waals surface area contributed by atoms with Crippen LogP contribution < -0.4 is 10.6 Å². The van der Waals surface area contributed by atoms with Gasteiger partial charge in [0.1, 0.15) is 17.4 Å². The number of phenols is 1. The van der Waals surface area contributed by atoms with Crippen LogP contribution in [-0.4, -0.2) is 63.7 Å². The lowest BCUT2D eigenvalue weighted by atomic mass is 9.57. The number of nitrogens with two attached hydrogens (primary N) is 1. The van der Waals surface area contributed by atoms with Crippen LogP contribution in [0.3, 0.4) is 0 Å². The van der Waals surface area contributed by atoms with E-state index in [0.29, 0.717) is 27.4 Å². The first-order valence-corrected chi connectivity index (χ1v) is 12.3. The average Bonchev–Trinajstić information content (AvgIpc) is 2.81. The van der Waals surface area contributed by atoms with E-state index in [4.69, 9.17) is 17.3 Å². The van der Waals surface area contributed by atoms with Crippen LogP contribution in [-0.2, 0) is 16.0 Å². The molecule has 9 nitrogen and oxygen atoms in total. The minimum Gasteiger partial charge on any atom is -0.508 e. The summed E-state index contributed by atoms with van der Waals surface area (Å²) >= 11 is 6.16. The molecule has 0 aliphatic heterocycles. The summed E-state index contributed by atoms with van der Waals surface area (Å²) in [4.78, 5) is 40.8. The van der Waals surface area contributed by atoms with E-state index in [9.17, 15) is 34.8 Å². The zero-order valence-corrected chi connectivity index (χ0v) is 21.0. The van der Waals surface area contributed by atoms with Gasteiger partial charge in [0.05, 0.1) is 11.7 Å². The summed E-state index contributed by atoms with van der Waals surface area (Å²) in [6.45, 7) is 0. The summed E-state index contributed by atoms with van der Waals surface area (Å²) in [5.41, 5.74) is 4.74.